The van der Waals surface area contributed by atoms with E-state index in [0.29, 0.717) is 5.92 Å². The van der Waals surface area contributed by atoms with Gasteiger partial charge in [-0.1, -0.05) is 44.2 Å². The molecule has 0 aromatic heterocycles. The molecule has 0 atom stereocenters. The number of aryl methyl sites for hydroxylation is 2. The molecule has 2 aromatic carbocycles. The van der Waals surface area contributed by atoms with Crippen molar-refractivity contribution in [3.8, 4) is 0 Å². The fourth-order valence-corrected chi connectivity index (χ4v) is 2.84. The first-order valence-corrected chi connectivity index (χ1v) is 7.84. The Bertz CT molecular complexity index is 666. The maximum Gasteiger partial charge on any atom is 0.221 e. The summed E-state index contributed by atoms with van der Waals surface area (Å²) in [6.45, 7) is 10.2. The van der Waals surface area contributed by atoms with Crippen LogP contribution in [0.1, 0.15) is 54.5 Å². The van der Waals surface area contributed by atoms with Gasteiger partial charge in [-0.05, 0) is 60.1 Å². The van der Waals surface area contributed by atoms with Crippen LogP contribution < -0.4 is 5.32 Å². The average molecular weight is 295 g/mol. The quantitative estimate of drug-likeness (QED) is 0.847. The van der Waals surface area contributed by atoms with E-state index in [2.05, 4.69) is 63.3 Å². The maximum atomic E-state index is 11.3. The van der Waals surface area contributed by atoms with Crippen molar-refractivity contribution in [2.45, 2.75) is 47.0 Å². The normalized spacial score (nSPS) is 10.8. The van der Waals surface area contributed by atoms with Crippen LogP contribution in [-0.2, 0) is 11.2 Å². The van der Waals surface area contributed by atoms with Gasteiger partial charge in [0.2, 0.25) is 5.91 Å². The lowest BCUT2D eigenvalue weighted by Crippen LogP contribution is -2.09. The fourth-order valence-electron chi connectivity index (χ4n) is 2.84. The zero-order chi connectivity index (χ0) is 16.3. The molecule has 0 bridgehead atoms. The highest BCUT2D eigenvalue weighted by Crippen LogP contribution is 2.27. The van der Waals surface area contributed by atoms with Gasteiger partial charge in [-0.2, -0.15) is 0 Å². The molecule has 2 heteroatoms. The van der Waals surface area contributed by atoms with E-state index in [4.69, 9.17) is 0 Å². The Morgan fingerprint density at radius 1 is 1.09 bits per heavy atom. The van der Waals surface area contributed by atoms with Crippen LogP contribution in [0.2, 0.25) is 0 Å². The van der Waals surface area contributed by atoms with Crippen molar-refractivity contribution in [3.05, 3.63) is 64.2 Å². The lowest BCUT2D eigenvalue weighted by atomic mass is 9.92. The van der Waals surface area contributed by atoms with E-state index >= 15 is 0 Å². The molecule has 22 heavy (non-hydrogen) atoms. The Labute approximate surface area is 133 Å². The first kappa shape index (κ1) is 16.3. The second kappa shape index (κ2) is 6.78. The number of amides is 1. The maximum absolute atomic E-state index is 11.3. The highest BCUT2D eigenvalue weighted by Gasteiger charge is 2.10. The minimum atomic E-state index is -0.0237. The molecule has 2 rings (SSSR count). The predicted molar refractivity (Wildman–Crippen MR) is 93.6 cm³/mol. The molecule has 0 aliphatic heterocycles. The third-order valence-corrected chi connectivity index (χ3v) is 4.07. The standard InChI is InChI=1S/C20H25NO/c1-13(2)18-11-17(9-10-20(18)21-16(5)22)12-19-14(3)7-6-8-15(19)4/h6-11,13H,12H2,1-5H3,(H,21,22). The predicted octanol–water partition coefficient (Wildman–Crippen LogP) is 4.98. The summed E-state index contributed by atoms with van der Waals surface area (Å²) in [5.41, 5.74) is 7.46. The van der Waals surface area contributed by atoms with Crippen molar-refractivity contribution in [3.63, 3.8) is 0 Å². The molecule has 0 radical (unpaired) electrons. The molecule has 116 valence electrons. The van der Waals surface area contributed by atoms with Gasteiger partial charge in [0.05, 0.1) is 0 Å². The molecule has 0 aliphatic rings. The topological polar surface area (TPSA) is 29.1 Å². The van der Waals surface area contributed by atoms with Gasteiger partial charge < -0.3 is 5.32 Å². The number of benzene rings is 2. The van der Waals surface area contributed by atoms with Crippen LogP contribution in [0.4, 0.5) is 5.69 Å². The fraction of sp³-hybridized carbons (Fsp3) is 0.350. The number of anilines is 1. The minimum Gasteiger partial charge on any atom is -0.326 e. The molecule has 2 nitrogen and oxygen atoms in total. The summed E-state index contributed by atoms with van der Waals surface area (Å²) in [5, 5.41) is 2.93. The smallest absolute Gasteiger partial charge is 0.221 e. The number of hydrogen-bond acceptors (Lipinski definition) is 1. The molecule has 0 fully saturated rings. The molecular formula is C20H25NO. The zero-order valence-electron chi connectivity index (χ0n) is 14.2. The van der Waals surface area contributed by atoms with E-state index in [1.54, 1.807) is 6.92 Å². The van der Waals surface area contributed by atoms with Crippen molar-refractivity contribution in [2.75, 3.05) is 5.32 Å². The molecule has 0 aliphatic carbocycles. The summed E-state index contributed by atoms with van der Waals surface area (Å²) in [4.78, 5) is 11.3. The Morgan fingerprint density at radius 2 is 1.73 bits per heavy atom. The second-order valence-electron chi connectivity index (χ2n) is 6.30. The van der Waals surface area contributed by atoms with Gasteiger partial charge in [-0.3, -0.25) is 4.79 Å². The van der Waals surface area contributed by atoms with Crippen LogP contribution >= 0.6 is 0 Å². The van der Waals surface area contributed by atoms with E-state index in [0.717, 1.165) is 12.1 Å². The van der Waals surface area contributed by atoms with Crippen LogP contribution in [0, 0.1) is 13.8 Å². The molecule has 1 amide bonds. The highest BCUT2D eigenvalue weighted by atomic mass is 16.1. The van der Waals surface area contributed by atoms with Gasteiger partial charge >= 0.3 is 0 Å². The van der Waals surface area contributed by atoms with E-state index in [9.17, 15) is 4.79 Å². The third-order valence-electron chi connectivity index (χ3n) is 4.07. The summed E-state index contributed by atoms with van der Waals surface area (Å²) in [6.07, 6.45) is 0.929. The van der Waals surface area contributed by atoms with Crippen LogP contribution in [0.15, 0.2) is 36.4 Å². The van der Waals surface area contributed by atoms with Gasteiger partial charge in [0.15, 0.2) is 0 Å². The molecule has 0 unspecified atom stereocenters. The summed E-state index contributed by atoms with van der Waals surface area (Å²) >= 11 is 0. The molecular weight excluding hydrogens is 270 g/mol. The molecule has 0 heterocycles. The SMILES string of the molecule is CC(=O)Nc1ccc(Cc2c(C)cccc2C)cc1C(C)C. The van der Waals surface area contributed by atoms with E-state index in [-0.39, 0.29) is 5.91 Å². The van der Waals surface area contributed by atoms with Crippen molar-refractivity contribution in [1.29, 1.82) is 0 Å². The van der Waals surface area contributed by atoms with Crippen LogP contribution in [-0.4, -0.2) is 5.91 Å². The van der Waals surface area contributed by atoms with E-state index in [1.165, 1.54) is 27.8 Å². The summed E-state index contributed by atoms with van der Waals surface area (Å²) in [5.74, 6) is 0.351. The largest absolute Gasteiger partial charge is 0.326 e. The first-order valence-electron chi connectivity index (χ1n) is 7.84. The minimum absolute atomic E-state index is 0.0237. The van der Waals surface area contributed by atoms with Gasteiger partial charge in [0.25, 0.3) is 0 Å². The van der Waals surface area contributed by atoms with Gasteiger partial charge in [-0.25, -0.2) is 0 Å². The van der Waals surface area contributed by atoms with Crippen LogP contribution in [0.3, 0.4) is 0 Å². The van der Waals surface area contributed by atoms with Crippen molar-refractivity contribution < 1.29 is 4.79 Å². The van der Waals surface area contributed by atoms with Crippen molar-refractivity contribution in [1.82, 2.24) is 0 Å². The molecule has 0 spiro atoms. The summed E-state index contributed by atoms with van der Waals surface area (Å²) in [6, 6.07) is 12.8. The molecule has 2 aromatic rings. The molecule has 0 saturated heterocycles. The lowest BCUT2D eigenvalue weighted by Gasteiger charge is -2.16. The summed E-state index contributed by atoms with van der Waals surface area (Å²) < 4.78 is 0. The van der Waals surface area contributed by atoms with Gasteiger partial charge in [0, 0.05) is 12.6 Å². The number of nitrogens with one attached hydrogen (secondary N) is 1. The lowest BCUT2D eigenvalue weighted by molar-refractivity contribution is -0.114. The summed E-state index contributed by atoms with van der Waals surface area (Å²) in [7, 11) is 0. The van der Waals surface area contributed by atoms with E-state index in [1.807, 2.05) is 6.07 Å². The monoisotopic (exact) mass is 295 g/mol. The third kappa shape index (κ3) is 3.76. The average Bonchev–Trinajstić information content (AvgIpc) is 2.43. The zero-order valence-corrected chi connectivity index (χ0v) is 14.2. The molecule has 1 N–H and O–H groups in total. The van der Waals surface area contributed by atoms with Crippen LogP contribution in [0.5, 0.6) is 0 Å². The number of carbonyl (C=O) groups is 1. The van der Waals surface area contributed by atoms with E-state index < -0.39 is 0 Å². The number of carbonyl (C=O) groups excluding carboxylic acids is 1. The first-order chi connectivity index (χ1) is 10.4. The van der Waals surface area contributed by atoms with Crippen LogP contribution in [0.25, 0.3) is 0 Å². The Kier molecular flexibility index (Phi) is 5.02. The Balaban J connectivity index is 2.37. The van der Waals surface area contributed by atoms with Gasteiger partial charge in [0.1, 0.15) is 0 Å². The van der Waals surface area contributed by atoms with Crippen molar-refractivity contribution in [2.24, 2.45) is 0 Å². The highest BCUT2D eigenvalue weighted by molar-refractivity contribution is 5.89. The Hall–Kier alpha value is -2.09. The number of hydrogen-bond donors (Lipinski definition) is 1. The Morgan fingerprint density at radius 3 is 2.27 bits per heavy atom. The van der Waals surface area contributed by atoms with Gasteiger partial charge in [-0.15, -0.1) is 0 Å². The molecule has 0 saturated carbocycles. The second-order valence-corrected chi connectivity index (χ2v) is 6.30. The van der Waals surface area contributed by atoms with Crippen molar-refractivity contribution >= 4 is 11.6 Å². The number of rotatable bonds is 4.